The topological polar surface area (TPSA) is 20.2 Å². The van der Waals surface area contributed by atoms with Gasteiger partial charge in [-0.15, -0.1) is 0 Å². The highest BCUT2D eigenvalue weighted by molar-refractivity contribution is 5.18. The third kappa shape index (κ3) is 4.57. The second kappa shape index (κ2) is 6.12. The fourth-order valence-electron chi connectivity index (χ4n) is 3.75. The van der Waals surface area contributed by atoms with E-state index in [0.717, 1.165) is 24.7 Å². The van der Waals surface area contributed by atoms with Crippen LogP contribution in [0.5, 0.6) is 0 Å². The molecule has 3 atom stereocenters. The quantitative estimate of drug-likeness (QED) is 0.687. The lowest BCUT2D eigenvalue weighted by molar-refractivity contribution is 0.132. The Hall–Kier alpha value is -0.820. The average Bonchev–Trinajstić information content (AvgIpc) is 3.14. The Morgan fingerprint density at radius 3 is 2.81 bits per heavy atom. The SMILES string of the molecule is C=C1CC/C=C(\C)CC[C@](C)(C/C=C/C(C)(C)O)[C@H]2C[C@H]12. The minimum atomic E-state index is -0.700. The molecule has 0 heterocycles. The summed E-state index contributed by atoms with van der Waals surface area (Å²) in [6.07, 6.45) is 13.7. The Kier molecular flexibility index (Phi) is 4.82. The minimum Gasteiger partial charge on any atom is -0.386 e. The average molecular weight is 288 g/mol. The van der Waals surface area contributed by atoms with Gasteiger partial charge in [-0.1, -0.05) is 42.9 Å². The van der Waals surface area contributed by atoms with Gasteiger partial charge in [-0.2, -0.15) is 0 Å². The summed E-state index contributed by atoms with van der Waals surface area (Å²) in [5.41, 5.74) is 2.64. The van der Waals surface area contributed by atoms with Crippen molar-refractivity contribution in [3.05, 3.63) is 36.0 Å². The molecule has 21 heavy (non-hydrogen) atoms. The van der Waals surface area contributed by atoms with Crippen molar-refractivity contribution in [1.82, 2.24) is 0 Å². The van der Waals surface area contributed by atoms with E-state index in [-0.39, 0.29) is 0 Å². The van der Waals surface area contributed by atoms with Gasteiger partial charge >= 0.3 is 0 Å². The van der Waals surface area contributed by atoms with Crippen LogP contribution in [-0.4, -0.2) is 10.7 Å². The van der Waals surface area contributed by atoms with E-state index in [0.29, 0.717) is 5.41 Å². The van der Waals surface area contributed by atoms with E-state index in [1.54, 1.807) is 0 Å². The smallest absolute Gasteiger partial charge is 0.0771 e. The molecule has 1 nitrogen and oxygen atoms in total. The van der Waals surface area contributed by atoms with Gasteiger partial charge in [0.1, 0.15) is 0 Å². The van der Waals surface area contributed by atoms with Gasteiger partial charge in [0, 0.05) is 0 Å². The monoisotopic (exact) mass is 288 g/mol. The lowest BCUT2D eigenvalue weighted by atomic mass is 9.74. The Morgan fingerprint density at radius 2 is 2.14 bits per heavy atom. The lowest BCUT2D eigenvalue weighted by Crippen LogP contribution is -2.21. The summed E-state index contributed by atoms with van der Waals surface area (Å²) in [7, 11) is 0. The van der Waals surface area contributed by atoms with Gasteiger partial charge in [-0.3, -0.25) is 0 Å². The van der Waals surface area contributed by atoms with E-state index in [2.05, 4.69) is 32.6 Å². The molecule has 0 aromatic carbocycles. The van der Waals surface area contributed by atoms with Gasteiger partial charge in [0.25, 0.3) is 0 Å². The van der Waals surface area contributed by atoms with E-state index < -0.39 is 5.60 Å². The number of hydrogen-bond donors (Lipinski definition) is 1. The minimum absolute atomic E-state index is 0.349. The van der Waals surface area contributed by atoms with Gasteiger partial charge in [0.2, 0.25) is 0 Å². The summed E-state index contributed by atoms with van der Waals surface area (Å²) in [6.45, 7) is 12.7. The van der Waals surface area contributed by atoms with Crippen LogP contribution in [0, 0.1) is 17.3 Å². The van der Waals surface area contributed by atoms with Crippen LogP contribution in [0.2, 0.25) is 0 Å². The summed E-state index contributed by atoms with van der Waals surface area (Å²) < 4.78 is 0. The zero-order valence-corrected chi connectivity index (χ0v) is 14.3. The molecule has 2 aliphatic rings. The lowest BCUT2D eigenvalue weighted by Gasteiger charge is -2.31. The van der Waals surface area contributed by atoms with Crippen LogP contribution < -0.4 is 0 Å². The maximum atomic E-state index is 9.86. The number of allylic oxidation sites excluding steroid dienone is 4. The molecule has 2 rings (SSSR count). The fourth-order valence-corrected chi connectivity index (χ4v) is 3.75. The number of aliphatic hydroxyl groups is 1. The van der Waals surface area contributed by atoms with Crippen molar-refractivity contribution >= 4 is 0 Å². The van der Waals surface area contributed by atoms with Crippen molar-refractivity contribution < 1.29 is 5.11 Å². The molecule has 1 saturated carbocycles. The van der Waals surface area contributed by atoms with Crippen LogP contribution in [-0.2, 0) is 0 Å². The number of fused-ring (bicyclic) bond motifs is 1. The molecule has 1 fully saturated rings. The third-order valence-corrected chi connectivity index (χ3v) is 5.37. The van der Waals surface area contributed by atoms with Crippen molar-refractivity contribution in [3.63, 3.8) is 0 Å². The molecular weight excluding hydrogens is 256 g/mol. The summed E-state index contributed by atoms with van der Waals surface area (Å²) in [5.74, 6) is 1.54. The highest BCUT2D eigenvalue weighted by atomic mass is 16.3. The predicted molar refractivity (Wildman–Crippen MR) is 91.1 cm³/mol. The van der Waals surface area contributed by atoms with Crippen LogP contribution in [0.4, 0.5) is 0 Å². The summed E-state index contributed by atoms with van der Waals surface area (Å²) in [6, 6.07) is 0. The molecule has 0 aromatic heterocycles. The third-order valence-electron chi connectivity index (χ3n) is 5.37. The molecule has 0 amide bonds. The largest absolute Gasteiger partial charge is 0.386 e. The van der Waals surface area contributed by atoms with Crippen LogP contribution >= 0.6 is 0 Å². The van der Waals surface area contributed by atoms with E-state index >= 15 is 0 Å². The second-order valence-electron chi connectivity index (χ2n) is 8.11. The maximum absolute atomic E-state index is 9.86. The van der Waals surface area contributed by atoms with E-state index in [1.807, 2.05) is 19.9 Å². The first-order chi connectivity index (χ1) is 9.71. The van der Waals surface area contributed by atoms with Gasteiger partial charge in [-0.25, -0.2) is 0 Å². The van der Waals surface area contributed by atoms with Crippen molar-refractivity contribution in [2.75, 3.05) is 0 Å². The zero-order chi connectivity index (χ0) is 15.7. The van der Waals surface area contributed by atoms with Crippen molar-refractivity contribution in [1.29, 1.82) is 0 Å². The molecular formula is C20H32O. The first kappa shape index (κ1) is 16.5. The molecule has 0 aromatic rings. The van der Waals surface area contributed by atoms with Crippen LogP contribution in [0.1, 0.15) is 66.2 Å². The molecule has 118 valence electrons. The molecule has 0 unspecified atom stereocenters. The van der Waals surface area contributed by atoms with E-state index in [1.165, 1.54) is 36.8 Å². The van der Waals surface area contributed by atoms with Crippen molar-refractivity contribution in [2.24, 2.45) is 17.3 Å². The summed E-state index contributed by atoms with van der Waals surface area (Å²) in [4.78, 5) is 0. The van der Waals surface area contributed by atoms with E-state index in [4.69, 9.17) is 0 Å². The number of hydrogen-bond acceptors (Lipinski definition) is 1. The Balaban J connectivity index is 2.11. The first-order valence-corrected chi connectivity index (χ1v) is 8.45. The normalized spacial score (nSPS) is 37.0. The maximum Gasteiger partial charge on any atom is 0.0771 e. The summed E-state index contributed by atoms with van der Waals surface area (Å²) >= 11 is 0. The molecule has 2 aliphatic carbocycles. The molecule has 0 saturated heterocycles. The molecule has 1 N–H and O–H groups in total. The highest BCUT2D eigenvalue weighted by Crippen LogP contribution is 2.58. The van der Waals surface area contributed by atoms with Crippen LogP contribution in [0.15, 0.2) is 36.0 Å². The van der Waals surface area contributed by atoms with Crippen molar-refractivity contribution in [3.8, 4) is 0 Å². The first-order valence-electron chi connectivity index (χ1n) is 8.45. The summed E-state index contributed by atoms with van der Waals surface area (Å²) in [5, 5.41) is 9.86. The molecule has 0 spiro atoms. The Bertz CT molecular complexity index is 449. The van der Waals surface area contributed by atoms with Gasteiger partial charge in [0.15, 0.2) is 0 Å². The predicted octanol–water partition coefficient (Wildman–Crippen LogP) is 5.42. The van der Waals surface area contributed by atoms with Crippen LogP contribution in [0.25, 0.3) is 0 Å². The standard InChI is InChI=1S/C20H32O/c1-15-8-6-9-16(2)17-14-18(17)20(5,13-10-15)12-7-11-19(3,4)21/h7-8,11,17-18,21H,2,6,9-10,12-14H2,1,3-5H3/b11-7+,15-8+/t17-,18+,20+/m1/s1. The Morgan fingerprint density at radius 1 is 1.43 bits per heavy atom. The van der Waals surface area contributed by atoms with Gasteiger partial charge in [0.05, 0.1) is 5.60 Å². The van der Waals surface area contributed by atoms with Gasteiger partial charge < -0.3 is 5.11 Å². The van der Waals surface area contributed by atoms with Crippen molar-refractivity contribution in [2.45, 2.75) is 71.8 Å². The zero-order valence-electron chi connectivity index (χ0n) is 14.3. The van der Waals surface area contributed by atoms with Crippen LogP contribution in [0.3, 0.4) is 0 Å². The van der Waals surface area contributed by atoms with Gasteiger partial charge in [-0.05, 0) is 76.5 Å². The Labute approximate surface area is 130 Å². The molecule has 1 heteroatoms. The fraction of sp³-hybridized carbons (Fsp3) is 0.700. The molecule has 0 aliphatic heterocycles. The molecule has 0 radical (unpaired) electrons. The van der Waals surface area contributed by atoms with E-state index in [9.17, 15) is 5.11 Å². The molecule has 0 bridgehead atoms. The highest BCUT2D eigenvalue weighted by Gasteiger charge is 2.49. The second-order valence-corrected chi connectivity index (χ2v) is 8.11. The number of rotatable bonds is 3.